The lowest BCUT2D eigenvalue weighted by Gasteiger charge is -2.57. The van der Waals surface area contributed by atoms with Crippen LogP contribution in [0.4, 0.5) is 0 Å². The Kier molecular flexibility index (Phi) is 8.91. The second kappa shape index (κ2) is 12.1. The van der Waals surface area contributed by atoms with Crippen LogP contribution in [-0.4, -0.2) is 78.7 Å². The largest absolute Gasteiger partial charge is 0.332 e. The van der Waals surface area contributed by atoms with E-state index in [1.807, 2.05) is 24.3 Å². The molecule has 2 amide bonds. The summed E-state index contributed by atoms with van der Waals surface area (Å²) in [7, 11) is 0. The van der Waals surface area contributed by atoms with Crippen LogP contribution < -0.4 is 0 Å². The van der Waals surface area contributed by atoms with Gasteiger partial charge in [0.05, 0.1) is 0 Å². The summed E-state index contributed by atoms with van der Waals surface area (Å²) in [6, 6.07) is 9.68. The lowest BCUT2D eigenvalue weighted by atomic mass is 9.75. The quantitative estimate of drug-likeness (QED) is 0.369. The molecule has 4 aliphatic rings. The fraction of sp³-hybridized carbons (Fsp3) is 0.579. The molecule has 0 spiro atoms. The average molecular weight is 599 g/mol. The first kappa shape index (κ1) is 32.4. The molecule has 1 aromatic carbocycles. The molecule has 0 unspecified atom stereocenters. The van der Waals surface area contributed by atoms with Gasteiger partial charge in [0.15, 0.2) is 0 Å². The SMILES string of the molecule is CC1(C)CC(N2CC=CC=CC2=O)CC(C)(C)N1Cc1ccc(CN2C(C)(C)CC(N3CC=CC=CC3=O)CC2(C)C)cc1. The van der Waals surface area contributed by atoms with Crippen LogP contribution >= 0.6 is 0 Å². The monoisotopic (exact) mass is 598 g/mol. The highest BCUT2D eigenvalue weighted by Gasteiger charge is 2.48. The summed E-state index contributed by atoms with van der Waals surface area (Å²) in [5, 5.41) is 0. The van der Waals surface area contributed by atoms with Gasteiger partial charge in [-0.1, -0.05) is 60.7 Å². The molecule has 4 heterocycles. The minimum atomic E-state index is -0.0518. The first-order valence-electron chi connectivity index (χ1n) is 16.5. The molecule has 2 saturated heterocycles. The summed E-state index contributed by atoms with van der Waals surface area (Å²) >= 11 is 0. The third-order valence-electron chi connectivity index (χ3n) is 10.6. The summed E-state index contributed by atoms with van der Waals surface area (Å²) in [6.07, 6.45) is 19.1. The zero-order chi connectivity index (χ0) is 31.9. The minimum Gasteiger partial charge on any atom is -0.332 e. The second-order valence-electron chi connectivity index (χ2n) is 15.9. The van der Waals surface area contributed by atoms with Crippen molar-refractivity contribution < 1.29 is 9.59 Å². The molecule has 0 atom stereocenters. The van der Waals surface area contributed by atoms with E-state index in [1.165, 1.54) is 11.1 Å². The normalized spacial score (nSPS) is 25.8. The Morgan fingerprint density at radius 1 is 0.545 bits per heavy atom. The smallest absolute Gasteiger partial charge is 0.247 e. The molecule has 4 aliphatic heterocycles. The van der Waals surface area contributed by atoms with Crippen molar-refractivity contribution in [2.24, 2.45) is 0 Å². The summed E-state index contributed by atoms with van der Waals surface area (Å²) < 4.78 is 0. The molecule has 0 saturated carbocycles. The van der Waals surface area contributed by atoms with Crippen molar-refractivity contribution in [2.45, 2.75) is 128 Å². The number of amides is 2. The Bertz CT molecular complexity index is 1210. The number of allylic oxidation sites excluding steroid dienone is 4. The van der Waals surface area contributed by atoms with Gasteiger partial charge < -0.3 is 9.80 Å². The zero-order valence-electron chi connectivity index (χ0n) is 28.3. The number of benzene rings is 1. The van der Waals surface area contributed by atoms with Gasteiger partial charge in [-0.15, -0.1) is 0 Å². The van der Waals surface area contributed by atoms with Crippen LogP contribution in [0.1, 0.15) is 92.2 Å². The highest BCUT2D eigenvalue weighted by Crippen LogP contribution is 2.43. The van der Waals surface area contributed by atoms with Crippen LogP contribution in [0.25, 0.3) is 0 Å². The third-order valence-corrected chi connectivity index (χ3v) is 10.6. The minimum absolute atomic E-state index is 0.0518. The molecule has 2 fully saturated rings. The average Bonchev–Trinajstić information content (AvgIpc) is 3.27. The first-order chi connectivity index (χ1) is 20.6. The molecule has 0 aromatic heterocycles. The summed E-state index contributed by atoms with van der Waals surface area (Å²) in [4.78, 5) is 35.1. The second-order valence-corrected chi connectivity index (χ2v) is 15.9. The van der Waals surface area contributed by atoms with E-state index in [0.29, 0.717) is 13.1 Å². The number of hydrogen-bond acceptors (Lipinski definition) is 4. The molecule has 0 radical (unpaired) electrons. The fourth-order valence-electron chi connectivity index (χ4n) is 8.75. The molecule has 6 nitrogen and oxygen atoms in total. The molecule has 0 aliphatic carbocycles. The van der Waals surface area contributed by atoms with E-state index in [0.717, 1.165) is 38.8 Å². The van der Waals surface area contributed by atoms with E-state index in [9.17, 15) is 9.59 Å². The van der Waals surface area contributed by atoms with E-state index in [4.69, 9.17) is 0 Å². The number of hydrogen-bond donors (Lipinski definition) is 0. The number of piperidine rings is 2. The van der Waals surface area contributed by atoms with Gasteiger partial charge in [0.2, 0.25) is 11.8 Å². The topological polar surface area (TPSA) is 47.1 Å². The van der Waals surface area contributed by atoms with Crippen LogP contribution in [-0.2, 0) is 22.7 Å². The van der Waals surface area contributed by atoms with Crippen molar-refractivity contribution in [3.8, 4) is 0 Å². The van der Waals surface area contributed by atoms with Crippen molar-refractivity contribution in [1.29, 1.82) is 0 Å². The van der Waals surface area contributed by atoms with Gasteiger partial charge in [0.1, 0.15) is 0 Å². The van der Waals surface area contributed by atoms with Crippen molar-refractivity contribution in [3.05, 3.63) is 84.0 Å². The fourth-order valence-corrected chi connectivity index (χ4v) is 8.75. The van der Waals surface area contributed by atoms with Crippen molar-refractivity contribution in [2.75, 3.05) is 13.1 Å². The van der Waals surface area contributed by atoms with Crippen LogP contribution in [0, 0.1) is 0 Å². The van der Waals surface area contributed by atoms with Gasteiger partial charge in [-0.25, -0.2) is 0 Å². The predicted octanol–water partition coefficient (Wildman–Crippen LogP) is 6.64. The summed E-state index contributed by atoms with van der Waals surface area (Å²) in [6.45, 7) is 21.8. The number of rotatable bonds is 6. The molecule has 238 valence electrons. The first-order valence-corrected chi connectivity index (χ1v) is 16.5. The van der Waals surface area contributed by atoms with E-state index in [-0.39, 0.29) is 46.1 Å². The Balaban J connectivity index is 1.26. The van der Waals surface area contributed by atoms with Crippen LogP contribution in [0.3, 0.4) is 0 Å². The Labute approximate surface area is 266 Å². The van der Waals surface area contributed by atoms with Crippen molar-refractivity contribution in [1.82, 2.24) is 19.6 Å². The Morgan fingerprint density at radius 2 is 0.864 bits per heavy atom. The third kappa shape index (κ3) is 6.82. The molecule has 6 heteroatoms. The van der Waals surface area contributed by atoms with E-state index in [1.54, 1.807) is 12.2 Å². The number of carbonyl (C=O) groups is 2. The van der Waals surface area contributed by atoms with Gasteiger partial charge in [-0.05, 0) is 92.2 Å². The summed E-state index contributed by atoms with van der Waals surface area (Å²) in [5.41, 5.74) is 2.44. The van der Waals surface area contributed by atoms with Gasteiger partial charge in [-0.3, -0.25) is 19.4 Å². The van der Waals surface area contributed by atoms with E-state index < -0.39 is 0 Å². The molecule has 0 N–H and O–H groups in total. The van der Waals surface area contributed by atoms with Gasteiger partial charge in [0, 0.05) is 72.6 Å². The van der Waals surface area contributed by atoms with Gasteiger partial charge in [-0.2, -0.15) is 0 Å². The van der Waals surface area contributed by atoms with Crippen LogP contribution in [0.15, 0.2) is 72.9 Å². The lowest BCUT2D eigenvalue weighted by Crippen LogP contribution is -2.64. The highest BCUT2D eigenvalue weighted by atomic mass is 16.2. The number of carbonyl (C=O) groups excluding carboxylic acids is 2. The standard InChI is InChI=1S/C38H54N4O2/c1-35(2)23-31(39-21-13-9-11-15-33(39)43)24-36(3,4)41(35)27-29-17-19-30(20-18-29)28-42-37(5,6)25-32(26-38(42,7)8)40-22-14-10-12-16-34(40)44/h9-20,31-32H,21-28H2,1-8H3. The Morgan fingerprint density at radius 3 is 1.18 bits per heavy atom. The van der Waals surface area contributed by atoms with Gasteiger partial charge in [0.25, 0.3) is 0 Å². The molecular formula is C38H54N4O2. The van der Waals surface area contributed by atoms with E-state index >= 15 is 0 Å². The van der Waals surface area contributed by atoms with Crippen molar-refractivity contribution >= 4 is 11.8 Å². The van der Waals surface area contributed by atoms with E-state index in [2.05, 4.69) is 111 Å². The molecule has 0 bridgehead atoms. The number of nitrogens with zero attached hydrogens (tertiary/aromatic N) is 4. The maximum absolute atomic E-state index is 12.8. The Hall–Kier alpha value is -2.96. The molecular weight excluding hydrogens is 544 g/mol. The molecule has 44 heavy (non-hydrogen) atoms. The highest BCUT2D eigenvalue weighted by molar-refractivity contribution is 5.89. The van der Waals surface area contributed by atoms with Crippen LogP contribution in [0.2, 0.25) is 0 Å². The molecule has 5 rings (SSSR count). The predicted molar refractivity (Wildman–Crippen MR) is 180 cm³/mol. The zero-order valence-corrected chi connectivity index (χ0v) is 28.3. The summed E-state index contributed by atoms with van der Waals surface area (Å²) in [5.74, 6) is 0.243. The van der Waals surface area contributed by atoms with Gasteiger partial charge >= 0.3 is 0 Å². The lowest BCUT2D eigenvalue weighted by molar-refractivity contribution is -0.134. The van der Waals surface area contributed by atoms with Crippen LogP contribution in [0.5, 0.6) is 0 Å². The van der Waals surface area contributed by atoms with Crippen molar-refractivity contribution in [3.63, 3.8) is 0 Å². The maximum Gasteiger partial charge on any atom is 0.247 e. The maximum atomic E-state index is 12.8. The number of likely N-dealkylation sites (tertiary alicyclic amines) is 2. The molecule has 1 aromatic rings.